The molecule has 114 valence electrons. The molecule has 0 spiro atoms. The van der Waals surface area contributed by atoms with Gasteiger partial charge in [0.25, 0.3) is 0 Å². The Morgan fingerprint density at radius 1 is 1.43 bits per heavy atom. The van der Waals surface area contributed by atoms with Crippen molar-refractivity contribution in [1.82, 2.24) is 9.71 Å². The second-order valence-electron chi connectivity index (χ2n) is 4.58. The second-order valence-corrected chi connectivity index (χ2v) is 7.15. The van der Waals surface area contributed by atoms with E-state index in [9.17, 15) is 8.42 Å². The molecular weight excluding hydrogens is 310 g/mol. The number of sulfonamides is 1. The van der Waals surface area contributed by atoms with E-state index in [0.717, 1.165) is 5.69 Å². The maximum absolute atomic E-state index is 12.5. The maximum Gasteiger partial charge on any atom is 0.244 e. The van der Waals surface area contributed by atoms with Gasteiger partial charge >= 0.3 is 0 Å². The van der Waals surface area contributed by atoms with Crippen LogP contribution in [0.1, 0.15) is 23.7 Å². The second kappa shape index (κ2) is 6.00. The molecule has 0 saturated heterocycles. The molecule has 1 heterocycles. The Balaban J connectivity index is 2.32. The molecule has 1 unspecified atom stereocenters. The lowest BCUT2D eigenvalue weighted by atomic mass is 10.3. The zero-order valence-electron chi connectivity index (χ0n) is 12.0. The fourth-order valence-electron chi connectivity index (χ4n) is 1.82. The van der Waals surface area contributed by atoms with Gasteiger partial charge in [0.2, 0.25) is 10.0 Å². The number of aromatic nitrogens is 1. The summed E-state index contributed by atoms with van der Waals surface area (Å²) in [4.78, 5) is 4.30. The van der Waals surface area contributed by atoms with E-state index in [-0.39, 0.29) is 10.6 Å². The lowest BCUT2D eigenvalue weighted by molar-refractivity contribution is 0.402. The van der Waals surface area contributed by atoms with Crippen molar-refractivity contribution in [3.8, 4) is 5.75 Å². The highest BCUT2D eigenvalue weighted by molar-refractivity contribution is 7.89. The molecule has 1 atom stereocenters. The number of thiazole rings is 1. The number of ether oxygens (including phenoxy) is 1. The molecule has 0 aliphatic carbocycles. The van der Waals surface area contributed by atoms with Crippen molar-refractivity contribution in [2.45, 2.75) is 24.8 Å². The number of aryl methyl sites for hydroxylation is 1. The van der Waals surface area contributed by atoms with E-state index in [4.69, 9.17) is 10.5 Å². The standard InChI is InChI=1S/C13H17N3O3S2/c1-8-7-20-13(15-8)9(2)16-21(17,18)12-6-10(14)4-5-11(12)19-3/h4-7,9,16H,14H2,1-3H3. The molecule has 0 radical (unpaired) electrons. The van der Waals surface area contributed by atoms with E-state index < -0.39 is 16.1 Å². The maximum atomic E-state index is 12.5. The van der Waals surface area contributed by atoms with E-state index in [0.29, 0.717) is 10.7 Å². The number of nitrogen functional groups attached to an aromatic ring is 1. The van der Waals surface area contributed by atoms with Crippen molar-refractivity contribution in [2.24, 2.45) is 0 Å². The molecule has 21 heavy (non-hydrogen) atoms. The number of nitrogens with one attached hydrogen (secondary N) is 1. The number of rotatable bonds is 5. The van der Waals surface area contributed by atoms with Crippen molar-refractivity contribution in [1.29, 1.82) is 0 Å². The lowest BCUT2D eigenvalue weighted by Crippen LogP contribution is -2.27. The summed E-state index contributed by atoms with van der Waals surface area (Å²) >= 11 is 1.41. The van der Waals surface area contributed by atoms with Crippen LogP contribution < -0.4 is 15.2 Å². The number of benzene rings is 1. The topological polar surface area (TPSA) is 94.3 Å². The summed E-state index contributed by atoms with van der Waals surface area (Å²) in [5.74, 6) is 0.249. The highest BCUT2D eigenvalue weighted by Gasteiger charge is 2.23. The van der Waals surface area contributed by atoms with Gasteiger partial charge in [-0.1, -0.05) is 0 Å². The van der Waals surface area contributed by atoms with Crippen molar-refractivity contribution in [2.75, 3.05) is 12.8 Å². The van der Waals surface area contributed by atoms with Gasteiger partial charge in [-0.05, 0) is 32.0 Å². The molecule has 0 saturated carbocycles. The summed E-state index contributed by atoms with van der Waals surface area (Å²) in [5.41, 5.74) is 6.89. The number of nitrogens with zero attached hydrogens (tertiary/aromatic N) is 1. The largest absolute Gasteiger partial charge is 0.495 e. The number of nitrogens with two attached hydrogens (primary N) is 1. The molecule has 0 fully saturated rings. The van der Waals surface area contributed by atoms with Gasteiger partial charge in [0.05, 0.1) is 13.2 Å². The minimum Gasteiger partial charge on any atom is -0.495 e. The monoisotopic (exact) mass is 327 g/mol. The Bertz CT molecular complexity index is 741. The summed E-state index contributed by atoms with van der Waals surface area (Å²) in [6, 6.07) is 4.06. The molecule has 8 heteroatoms. The number of methoxy groups -OCH3 is 1. The summed E-state index contributed by atoms with van der Waals surface area (Å²) < 4.78 is 32.6. The Morgan fingerprint density at radius 2 is 2.14 bits per heavy atom. The van der Waals surface area contributed by atoms with Crippen LogP contribution in [0.5, 0.6) is 5.75 Å². The Labute approximate surface area is 128 Å². The van der Waals surface area contributed by atoms with E-state index in [1.54, 1.807) is 13.0 Å². The quantitative estimate of drug-likeness (QED) is 0.820. The number of anilines is 1. The molecule has 1 aromatic heterocycles. The predicted molar refractivity (Wildman–Crippen MR) is 83.0 cm³/mol. The van der Waals surface area contributed by atoms with Crippen molar-refractivity contribution in [3.63, 3.8) is 0 Å². The van der Waals surface area contributed by atoms with Crippen LogP contribution in [-0.2, 0) is 10.0 Å². The zero-order valence-corrected chi connectivity index (χ0v) is 13.6. The Hall–Kier alpha value is -1.64. The van der Waals surface area contributed by atoms with Gasteiger partial charge in [-0.3, -0.25) is 0 Å². The van der Waals surface area contributed by atoms with Gasteiger partial charge < -0.3 is 10.5 Å². The van der Waals surface area contributed by atoms with Gasteiger partial charge in [-0.25, -0.2) is 18.1 Å². The van der Waals surface area contributed by atoms with Gasteiger partial charge in [0.1, 0.15) is 15.7 Å². The molecule has 2 rings (SSSR count). The Kier molecular flexibility index (Phi) is 4.50. The van der Waals surface area contributed by atoms with Crippen molar-refractivity contribution in [3.05, 3.63) is 34.3 Å². The highest BCUT2D eigenvalue weighted by Crippen LogP contribution is 2.27. The van der Waals surface area contributed by atoms with Crippen molar-refractivity contribution >= 4 is 27.0 Å². The third kappa shape index (κ3) is 3.52. The van der Waals surface area contributed by atoms with E-state index >= 15 is 0 Å². The summed E-state index contributed by atoms with van der Waals surface area (Å²) in [7, 11) is -2.34. The van der Waals surface area contributed by atoms with Crippen LogP contribution in [0.15, 0.2) is 28.5 Å². The molecule has 1 aromatic carbocycles. The first kappa shape index (κ1) is 15.7. The fourth-order valence-corrected chi connectivity index (χ4v) is 4.11. The third-order valence-corrected chi connectivity index (χ3v) is 5.52. The molecule has 0 amide bonds. The summed E-state index contributed by atoms with van der Waals surface area (Å²) in [6.07, 6.45) is 0. The fraction of sp³-hybridized carbons (Fsp3) is 0.308. The minimum absolute atomic E-state index is 0.0186. The Morgan fingerprint density at radius 3 is 2.71 bits per heavy atom. The lowest BCUT2D eigenvalue weighted by Gasteiger charge is -2.14. The highest BCUT2D eigenvalue weighted by atomic mass is 32.2. The van der Waals surface area contributed by atoms with E-state index in [1.165, 1.54) is 30.6 Å². The molecule has 0 aliphatic heterocycles. The zero-order chi connectivity index (χ0) is 15.6. The first-order valence-electron chi connectivity index (χ1n) is 6.21. The smallest absolute Gasteiger partial charge is 0.244 e. The SMILES string of the molecule is COc1ccc(N)cc1S(=O)(=O)NC(C)c1nc(C)cs1. The van der Waals surface area contributed by atoms with Crippen LogP contribution in [0.3, 0.4) is 0 Å². The van der Waals surface area contributed by atoms with E-state index in [1.807, 2.05) is 12.3 Å². The van der Waals surface area contributed by atoms with Gasteiger partial charge in [0.15, 0.2) is 0 Å². The van der Waals surface area contributed by atoms with Gasteiger partial charge in [-0.2, -0.15) is 0 Å². The molecule has 0 bridgehead atoms. The average molecular weight is 327 g/mol. The number of hydrogen-bond donors (Lipinski definition) is 2. The predicted octanol–water partition coefficient (Wildman–Crippen LogP) is 2.08. The average Bonchev–Trinajstić information content (AvgIpc) is 2.85. The van der Waals surface area contributed by atoms with Crippen LogP contribution in [0.4, 0.5) is 5.69 Å². The molecule has 0 aliphatic rings. The first-order chi connectivity index (χ1) is 9.83. The molecule has 2 aromatic rings. The van der Waals surface area contributed by atoms with Crippen LogP contribution in [-0.4, -0.2) is 20.5 Å². The van der Waals surface area contributed by atoms with Crippen LogP contribution in [0, 0.1) is 6.92 Å². The molecule has 3 N–H and O–H groups in total. The third-order valence-electron chi connectivity index (χ3n) is 2.82. The summed E-state index contributed by atoms with van der Waals surface area (Å²) in [5, 5.41) is 2.58. The van der Waals surface area contributed by atoms with Crippen molar-refractivity contribution < 1.29 is 13.2 Å². The van der Waals surface area contributed by atoms with Crippen LogP contribution >= 0.6 is 11.3 Å². The first-order valence-corrected chi connectivity index (χ1v) is 8.57. The van der Waals surface area contributed by atoms with Gasteiger partial charge in [-0.15, -0.1) is 11.3 Å². The normalized spacial score (nSPS) is 13.1. The minimum atomic E-state index is -3.75. The van der Waals surface area contributed by atoms with Crippen LogP contribution in [0.25, 0.3) is 0 Å². The molecule has 6 nitrogen and oxygen atoms in total. The van der Waals surface area contributed by atoms with Gasteiger partial charge in [0, 0.05) is 16.8 Å². The van der Waals surface area contributed by atoms with E-state index in [2.05, 4.69) is 9.71 Å². The number of hydrogen-bond acceptors (Lipinski definition) is 6. The molecular formula is C13H17N3O3S2. The van der Waals surface area contributed by atoms with Crippen LogP contribution in [0.2, 0.25) is 0 Å². The summed E-state index contributed by atoms with van der Waals surface area (Å²) in [6.45, 7) is 3.61.